The van der Waals surface area contributed by atoms with Gasteiger partial charge in [0, 0.05) is 5.56 Å². The highest BCUT2D eigenvalue weighted by molar-refractivity contribution is 7.22. The lowest BCUT2D eigenvalue weighted by Gasteiger charge is -2.07. The van der Waals surface area contributed by atoms with E-state index in [4.69, 9.17) is 9.47 Å². The number of aromatic nitrogens is 1. The monoisotopic (exact) mass is 403 g/mol. The molecule has 0 spiro atoms. The summed E-state index contributed by atoms with van der Waals surface area (Å²) < 4.78 is 11.7. The number of carbonyl (C=O) groups is 1. The number of nitrogens with one attached hydrogen (secondary N) is 1. The summed E-state index contributed by atoms with van der Waals surface area (Å²) in [5, 5.41) is 4.93. The predicted octanol–water partition coefficient (Wildman–Crippen LogP) is 4.97. The molecule has 29 heavy (non-hydrogen) atoms. The molecule has 0 aliphatic rings. The molecule has 4 aromatic rings. The highest BCUT2D eigenvalue weighted by Gasteiger charge is 2.11. The van der Waals surface area contributed by atoms with Gasteiger partial charge in [0.05, 0.1) is 29.1 Å². The van der Waals surface area contributed by atoms with Gasteiger partial charge in [0.2, 0.25) is 5.13 Å². The van der Waals surface area contributed by atoms with Gasteiger partial charge in [-0.25, -0.2) is 9.78 Å². The fourth-order valence-corrected chi connectivity index (χ4v) is 3.46. The number of hydrazone groups is 1. The van der Waals surface area contributed by atoms with Crippen LogP contribution in [0.15, 0.2) is 77.9 Å². The van der Waals surface area contributed by atoms with Crippen molar-refractivity contribution in [2.24, 2.45) is 5.10 Å². The molecule has 0 aliphatic heterocycles. The first kappa shape index (κ1) is 18.6. The summed E-state index contributed by atoms with van der Waals surface area (Å²) in [4.78, 5) is 16.9. The number of esters is 1. The summed E-state index contributed by atoms with van der Waals surface area (Å²) in [5.74, 6) is 0.644. The van der Waals surface area contributed by atoms with E-state index in [-0.39, 0.29) is 0 Å². The zero-order valence-corrected chi connectivity index (χ0v) is 16.3. The lowest BCUT2D eigenvalue weighted by Crippen LogP contribution is -2.09. The minimum Gasteiger partial charge on any atom is -0.497 e. The van der Waals surface area contributed by atoms with Crippen LogP contribution < -0.4 is 14.9 Å². The first-order valence-corrected chi connectivity index (χ1v) is 9.64. The molecule has 144 valence electrons. The smallest absolute Gasteiger partial charge is 0.343 e. The molecule has 0 unspecified atom stereocenters. The molecule has 1 aromatic heterocycles. The Morgan fingerprint density at radius 2 is 1.79 bits per heavy atom. The van der Waals surface area contributed by atoms with E-state index in [0.29, 0.717) is 27.8 Å². The van der Waals surface area contributed by atoms with Crippen LogP contribution in [-0.4, -0.2) is 24.3 Å². The van der Waals surface area contributed by atoms with Gasteiger partial charge in [-0.05, 0) is 48.5 Å². The van der Waals surface area contributed by atoms with Crippen LogP contribution in [-0.2, 0) is 0 Å². The zero-order valence-electron chi connectivity index (χ0n) is 15.5. The maximum Gasteiger partial charge on any atom is 0.343 e. The third-order valence-corrected chi connectivity index (χ3v) is 5.05. The van der Waals surface area contributed by atoms with E-state index in [1.165, 1.54) is 11.3 Å². The maximum absolute atomic E-state index is 12.4. The van der Waals surface area contributed by atoms with Crippen molar-refractivity contribution in [1.82, 2.24) is 4.98 Å². The predicted molar refractivity (Wildman–Crippen MR) is 115 cm³/mol. The second-order valence-corrected chi connectivity index (χ2v) is 7.04. The highest BCUT2D eigenvalue weighted by Crippen LogP contribution is 2.25. The number of para-hydroxylation sites is 2. The second-order valence-electron chi connectivity index (χ2n) is 6.01. The minimum absolute atomic E-state index is 0.420. The molecule has 0 bridgehead atoms. The van der Waals surface area contributed by atoms with Gasteiger partial charge in [-0.1, -0.05) is 35.6 Å². The van der Waals surface area contributed by atoms with Crippen molar-refractivity contribution < 1.29 is 14.3 Å². The summed E-state index contributed by atoms with van der Waals surface area (Å²) in [5.41, 5.74) is 4.96. The Balaban J connectivity index is 1.47. The van der Waals surface area contributed by atoms with Crippen LogP contribution in [0, 0.1) is 0 Å². The Hall–Kier alpha value is -3.71. The number of nitrogens with zero attached hydrogens (tertiary/aromatic N) is 2. The van der Waals surface area contributed by atoms with Crippen molar-refractivity contribution in [2.75, 3.05) is 12.5 Å². The lowest BCUT2D eigenvalue weighted by molar-refractivity contribution is 0.0734. The molecule has 0 aliphatic carbocycles. The standard InChI is InChI=1S/C22H17N3O3S/c1-27-17-12-10-15(11-13-17)21(26)28-19-8-4-2-6-16(19)14-23-25-22-24-18-7-3-5-9-20(18)29-22/h2-14H,1H3,(H,24,25)/b23-14-. The number of ether oxygens (including phenoxy) is 2. The number of thiazole rings is 1. The van der Waals surface area contributed by atoms with E-state index in [1.54, 1.807) is 49.7 Å². The van der Waals surface area contributed by atoms with Crippen molar-refractivity contribution in [1.29, 1.82) is 0 Å². The Bertz CT molecular complexity index is 1140. The van der Waals surface area contributed by atoms with Gasteiger partial charge in [0.15, 0.2) is 0 Å². The molecule has 3 aromatic carbocycles. The molecular formula is C22H17N3O3S. The summed E-state index contributed by atoms with van der Waals surface area (Å²) in [6, 6.07) is 21.8. The largest absolute Gasteiger partial charge is 0.497 e. The normalized spacial score (nSPS) is 10.9. The number of fused-ring (bicyclic) bond motifs is 1. The SMILES string of the molecule is COc1ccc(C(=O)Oc2ccccc2/C=N\Nc2nc3ccccc3s2)cc1. The van der Waals surface area contributed by atoms with Gasteiger partial charge >= 0.3 is 5.97 Å². The fourth-order valence-electron chi connectivity index (χ4n) is 2.64. The first-order valence-electron chi connectivity index (χ1n) is 8.83. The minimum atomic E-state index is -0.451. The zero-order chi connectivity index (χ0) is 20.1. The Morgan fingerprint density at radius 3 is 2.59 bits per heavy atom. The number of benzene rings is 3. The average molecular weight is 403 g/mol. The van der Waals surface area contributed by atoms with Gasteiger partial charge in [0.25, 0.3) is 0 Å². The topological polar surface area (TPSA) is 72.8 Å². The van der Waals surface area contributed by atoms with E-state index >= 15 is 0 Å². The quantitative estimate of drug-likeness (QED) is 0.213. The summed E-state index contributed by atoms with van der Waals surface area (Å²) in [6.45, 7) is 0. The second kappa shape index (κ2) is 8.53. The van der Waals surface area contributed by atoms with Crippen LogP contribution in [0.25, 0.3) is 10.2 Å². The highest BCUT2D eigenvalue weighted by atomic mass is 32.1. The third-order valence-electron chi connectivity index (χ3n) is 4.11. The van der Waals surface area contributed by atoms with Crippen LogP contribution in [0.2, 0.25) is 0 Å². The Morgan fingerprint density at radius 1 is 1.03 bits per heavy atom. The van der Waals surface area contributed by atoms with Crippen molar-refractivity contribution in [3.63, 3.8) is 0 Å². The maximum atomic E-state index is 12.4. The van der Waals surface area contributed by atoms with Crippen LogP contribution in [0.1, 0.15) is 15.9 Å². The van der Waals surface area contributed by atoms with E-state index in [9.17, 15) is 4.79 Å². The molecule has 1 N–H and O–H groups in total. The Labute approximate surface area is 171 Å². The van der Waals surface area contributed by atoms with Crippen LogP contribution in [0.4, 0.5) is 5.13 Å². The van der Waals surface area contributed by atoms with Crippen LogP contribution in [0.3, 0.4) is 0 Å². The van der Waals surface area contributed by atoms with Crippen LogP contribution >= 0.6 is 11.3 Å². The number of carbonyl (C=O) groups excluding carboxylic acids is 1. The van der Waals surface area contributed by atoms with Gasteiger partial charge in [0.1, 0.15) is 11.5 Å². The van der Waals surface area contributed by atoms with Crippen molar-refractivity contribution in [3.05, 3.63) is 83.9 Å². The van der Waals surface area contributed by atoms with Gasteiger partial charge in [-0.3, -0.25) is 5.43 Å². The molecule has 0 atom stereocenters. The van der Waals surface area contributed by atoms with E-state index in [2.05, 4.69) is 15.5 Å². The van der Waals surface area contributed by atoms with Gasteiger partial charge < -0.3 is 9.47 Å². The summed E-state index contributed by atoms with van der Waals surface area (Å²) in [7, 11) is 1.57. The van der Waals surface area contributed by atoms with E-state index in [1.807, 2.05) is 36.4 Å². The molecule has 0 amide bonds. The Kier molecular flexibility index (Phi) is 5.49. The number of methoxy groups -OCH3 is 1. The summed E-state index contributed by atoms with van der Waals surface area (Å²) in [6.07, 6.45) is 1.60. The van der Waals surface area contributed by atoms with E-state index < -0.39 is 5.97 Å². The fraction of sp³-hybridized carbons (Fsp3) is 0.0455. The van der Waals surface area contributed by atoms with Crippen molar-refractivity contribution in [3.8, 4) is 11.5 Å². The molecule has 0 saturated carbocycles. The average Bonchev–Trinajstić information content (AvgIpc) is 3.18. The number of hydrogen-bond acceptors (Lipinski definition) is 7. The van der Waals surface area contributed by atoms with Crippen molar-refractivity contribution >= 4 is 38.9 Å². The third kappa shape index (κ3) is 4.41. The number of anilines is 1. The molecule has 0 fully saturated rings. The van der Waals surface area contributed by atoms with Gasteiger partial charge in [-0.2, -0.15) is 5.10 Å². The lowest BCUT2D eigenvalue weighted by atomic mass is 10.2. The molecule has 6 nitrogen and oxygen atoms in total. The molecule has 7 heteroatoms. The molecule has 0 saturated heterocycles. The van der Waals surface area contributed by atoms with Crippen molar-refractivity contribution in [2.45, 2.75) is 0 Å². The molecule has 4 rings (SSSR count). The molecular weight excluding hydrogens is 386 g/mol. The van der Waals surface area contributed by atoms with E-state index in [0.717, 1.165) is 10.2 Å². The molecule has 1 heterocycles. The van der Waals surface area contributed by atoms with Gasteiger partial charge in [-0.15, -0.1) is 0 Å². The molecule has 0 radical (unpaired) electrons. The number of hydrogen-bond donors (Lipinski definition) is 1. The first-order chi connectivity index (χ1) is 14.2. The van der Waals surface area contributed by atoms with Crippen LogP contribution in [0.5, 0.6) is 11.5 Å². The summed E-state index contributed by atoms with van der Waals surface area (Å²) >= 11 is 1.52. The number of rotatable bonds is 6.